The zero-order valence-electron chi connectivity index (χ0n) is 13.0. The maximum atomic E-state index is 12.9. The van der Waals surface area contributed by atoms with Crippen LogP contribution in [0.5, 0.6) is 0 Å². The largest absolute Gasteiger partial charge is 0.367 e. The lowest BCUT2D eigenvalue weighted by molar-refractivity contribution is -0.145. The Balaban J connectivity index is 2.11. The summed E-state index contributed by atoms with van der Waals surface area (Å²) in [5.41, 5.74) is 6.88. The van der Waals surface area contributed by atoms with Gasteiger partial charge in [0.15, 0.2) is 6.10 Å². The minimum atomic E-state index is -0.512. The molecule has 0 saturated heterocycles. The molecule has 4 nitrogen and oxygen atoms in total. The van der Waals surface area contributed by atoms with Crippen molar-refractivity contribution in [1.82, 2.24) is 4.90 Å². The molecule has 116 valence electrons. The SMILES string of the molecule is CCN(C(=O)C(OC)c1ccccc1)C1CCC(N)CC1. The van der Waals surface area contributed by atoms with Crippen molar-refractivity contribution in [1.29, 1.82) is 0 Å². The van der Waals surface area contributed by atoms with Gasteiger partial charge >= 0.3 is 0 Å². The van der Waals surface area contributed by atoms with Crippen LogP contribution in [0.25, 0.3) is 0 Å². The third-order valence-electron chi connectivity index (χ3n) is 4.37. The van der Waals surface area contributed by atoms with Crippen molar-refractivity contribution in [3.63, 3.8) is 0 Å². The molecule has 0 aliphatic heterocycles. The van der Waals surface area contributed by atoms with Crippen molar-refractivity contribution < 1.29 is 9.53 Å². The Bertz CT molecular complexity index is 441. The molecule has 2 N–H and O–H groups in total. The van der Waals surface area contributed by atoms with E-state index in [0.717, 1.165) is 31.2 Å². The number of hydrogen-bond acceptors (Lipinski definition) is 3. The Hall–Kier alpha value is -1.39. The van der Waals surface area contributed by atoms with Gasteiger partial charge in [-0.05, 0) is 38.2 Å². The molecule has 1 unspecified atom stereocenters. The number of rotatable bonds is 5. The molecule has 4 heteroatoms. The van der Waals surface area contributed by atoms with Crippen LogP contribution in [-0.4, -0.2) is 36.5 Å². The Morgan fingerprint density at radius 1 is 1.29 bits per heavy atom. The van der Waals surface area contributed by atoms with Gasteiger partial charge in [0, 0.05) is 25.7 Å². The van der Waals surface area contributed by atoms with E-state index in [0.29, 0.717) is 18.6 Å². The fourth-order valence-electron chi connectivity index (χ4n) is 3.17. The van der Waals surface area contributed by atoms with Gasteiger partial charge in [0.2, 0.25) is 0 Å². The highest BCUT2D eigenvalue weighted by Crippen LogP contribution is 2.26. The first-order valence-electron chi connectivity index (χ1n) is 7.81. The number of nitrogens with two attached hydrogens (primary N) is 1. The molecule has 2 rings (SSSR count). The van der Waals surface area contributed by atoms with Gasteiger partial charge in [-0.2, -0.15) is 0 Å². The number of amides is 1. The van der Waals surface area contributed by atoms with Crippen LogP contribution < -0.4 is 5.73 Å². The van der Waals surface area contributed by atoms with Crippen LogP contribution >= 0.6 is 0 Å². The smallest absolute Gasteiger partial charge is 0.256 e. The van der Waals surface area contributed by atoms with E-state index in [1.807, 2.05) is 42.2 Å². The second kappa shape index (κ2) is 7.57. The van der Waals surface area contributed by atoms with Crippen LogP contribution in [0.15, 0.2) is 30.3 Å². The summed E-state index contributed by atoms with van der Waals surface area (Å²) in [6, 6.07) is 10.3. The Labute approximate surface area is 127 Å². The first-order valence-corrected chi connectivity index (χ1v) is 7.81. The zero-order chi connectivity index (χ0) is 15.2. The van der Waals surface area contributed by atoms with E-state index in [4.69, 9.17) is 10.5 Å². The second-order valence-electron chi connectivity index (χ2n) is 5.72. The summed E-state index contributed by atoms with van der Waals surface area (Å²) in [5, 5.41) is 0. The molecule has 1 fully saturated rings. The Kier molecular flexibility index (Phi) is 5.76. The number of methoxy groups -OCH3 is 1. The lowest BCUT2D eigenvalue weighted by Gasteiger charge is -2.37. The molecular formula is C17H26N2O2. The summed E-state index contributed by atoms with van der Waals surface area (Å²) >= 11 is 0. The third-order valence-corrected chi connectivity index (χ3v) is 4.37. The minimum Gasteiger partial charge on any atom is -0.367 e. The van der Waals surface area contributed by atoms with Gasteiger partial charge < -0.3 is 15.4 Å². The third kappa shape index (κ3) is 3.83. The van der Waals surface area contributed by atoms with E-state index in [1.165, 1.54) is 0 Å². The van der Waals surface area contributed by atoms with Crippen LogP contribution in [0, 0.1) is 0 Å². The highest BCUT2D eigenvalue weighted by Gasteiger charge is 2.31. The molecule has 0 bridgehead atoms. The predicted molar refractivity (Wildman–Crippen MR) is 83.8 cm³/mol. The van der Waals surface area contributed by atoms with E-state index in [-0.39, 0.29) is 5.91 Å². The van der Waals surface area contributed by atoms with E-state index in [9.17, 15) is 4.79 Å². The minimum absolute atomic E-state index is 0.0617. The van der Waals surface area contributed by atoms with Crippen molar-refractivity contribution >= 4 is 5.91 Å². The summed E-state index contributed by atoms with van der Waals surface area (Å²) in [7, 11) is 1.60. The van der Waals surface area contributed by atoms with Crippen molar-refractivity contribution in [3.05, 3.63) is 35.9 Å². The summed E-state index contributed by atoms with van der Waals surface area (Å²) in [4.78, 5) is 14.8. The molecule has 1 aromatic rings. The molecule has 1 aliphatic carbocycles. The average molecular weight is 290 g/mol. The quantitative estimate of drug-likeness (QED) is 0.906. The van der Waals surface area contributed by atoms with Crippen LogP contribution in [0.4, 0.5) is 0 Å². The lowest BCUT2D eigenvalue weighted by Crippen LogP contribution is -2.46. The van der Waals surface area contributed by atoms with Gasteiger partial charge in [-0.1, -0.05) is 30.3 Å². The molecule has 1 aromatic carbocycles. The molecule has 0 spiro atoms. The van der Waals surface area contributed by atoms with Gasteiger partial charge in [-0.3, -0.25) is 4.79 Å². The molecule has 1 saturated carbocycles. The number of ether oxygens (including phenoxy) is 1. The van der Waals surface area contributed by atoms with Gasteiger partial charge in [-0.15, -0.1) is 0 Å². The van der Waals surface area contributed by atoms with Gasteiger partial charge in [-0.25, -0.2) is 0 Å². The maximum Gasteiger partial charge on any atom is 0.256 e. The molecular weight excluding hydrogens is 264 g/mol. The Morgan fingerprint density at radius 2 is 1.90 bits per heavy atom. The second-order valence-corrected chi connectivity index (χ2v) is 5.72. The van der Waals surface area contributed by atoms with Crippen LogP contribution in [0.1, 0.15) is 44.3 Å². The van der Waals surface area contributed by atoms with E-state index in [1.54, 1.807) is 7.11 Å². The summed E-state index contributed by atoms with van der Waals surface area (Å²) < 4.78 is 5.48. The number of hydrogen-bond donors (Lipinski definition) is 1. The Morgan fingerprint density at radius 3 is 2.43 bits per heavy atom. The number of nitrogens with zero attached hydrogens (tertiary/aromatic N) is 1. The van der Waals surface area contributed by atoms with Crippen molar-refractivity contribution in [2.75, 3.05) is 13.7 Å². The van der Waals surface area contributed by atoms with E-state index >= 15 is 0 Å². The summed E-state index contributed by atoms with van der Waals surface area (Å²) in [6.07, 6.45) is 3.47. The summed E-state index contributed by atoms with van der Waals surface area (Å²) in [5.74, 6) is 0.0617. The number of carbonyl (C=O) groups excluding carboxylic acids is 1. The highest BCUT2D eigenvalue weighted by atomic mass is 16.5. The van der Waals surface area contributed by atoms with Gasteiger partial charge in [0.25, 0.3) is 5.91 Å². The first-order chi connectivity index (χ1) is 10.2. The van der Waals surface area contributed by atoms with Crippen molar-refractivity contribution in [2.24, 2.45) is 5.73 Å². The molecule has 1 atom stereocenters. The first kappa shape index (κ1) is 16.0. The molecule has 0 radical (unpaired) electrons. The normalized spacial score (nSPS) is 23.6. The lowest BCUT2D eigenvalue weighted by atomic mass is 9.90. The maximum absolute atomic E-state index is 12.9. The average Bonchev–Trinajstić information content (AvgIpc) is 2.52. The number of benzene rings is 1. The zero-order valence-corrected chi connectivity index (χ0v) is 13.0. The standard InChI is InChI=1S/C17H26N2O2/c1-3-19(15-11-9-14(18)10-12-15)17(20)16(21-2)13-7-5-4-6-8-13/h4-8,14-16H,3,9-12,18H2,1-2H3. The topological polar surface area (TPSA) is 55.6 Å². The number of likely N-dealkylation sites (N-methyl/N-ethyl adjacent to an activating group) is 1. The fraction of sp³-hybridized carbons (Fsp3) is 0.588. The molecule has 0 heterocycles. The predicted octanol–water partition coefficient (Wildman–Crippen LogP) is 2.49. The van der Waals surface area contributed by atoms with Crippen LogP contribution in [-0.2, 0) is 9.53 Å². The van der Waals surface area contributed by atoms with Crippen LogP contribution in [0.3, 0.4) is 0 Å². The van der Waals surface area contributed by atoms with Gasteiger partial charge in [0.05, 0.1) is 0 Å². The fourth-order valence-corrected chi connectivity index (χ4v) is 3.17. The molecule has 1 amide bonds. The molecule has 0 aromatic heterocycles. The van der Waals surface area contributed by atoms with Crippen LogP contribution in [0.2, 0.25) is 0 Å². The highest BCUT2D eigenvalue weighted by molar-refractivity contribution is 5.82. The monoisotopic (exact) mass is 290 g/mol. The molecule has 21 heavy (non-hydrogen) atoms. The van der Waals surface area contributed by atoms with Crippen molar-refractivity contribution in [3.8, 4) is 0 Å². The van der Waals surface area contributed by atoms with Crippen molar-refractivity contribution in [2.45, 2.75) is 50.8 Å². The number of carbonyl (C=O) groups is 1. The summed E-state index contributed by atoms with van der Waals surface area (Å²) in [6.45, 7) is 2.75. The van der Waals surface area contributed by atoms with Gasteiger partial charge in [0.1, 0.15) is 0 Å². The van der Waals surface area contributed by atoms with E-state index < -0.39 is 6.10 Å². The van der Waals surface area contributed by atoms with E-state index in [2.05, 4.69) is 0 Å². The molecule has 1 aliphatic rings.